The van der Waals surface area contributed by atoms with Crippen LogP contribution in [0.3, 0.4) is 0 Å². The number of ketones is 1. The van der Waals surface area contributed by atoms with Gasteiger partial charge in [-0.15, -0.1) is 0 Å². The van der Waals surface area contributed by atoms with Crippen molar-refractivity contribution in [1.29, 1.82) is 5.26 Å². The molecule has 1 amide bonds. The SMILES string of the molecule is CC(=O)CC1C2CC1C2C(=O)Nc1cccc(-c2ccc(OC3CCOCC3)c(C#N)c2)c1. The van der Waals surface area contributed by atoms with Gasteiger partial charge in [-0.3, -0.25) is 4.79 Å². The van der Waals surface area contributed by atoms with Crippen LogP contribution < -0.4 is 10.1 Å². The van der Waals surface area contributed by atoms with Gasteiger partial charge in [0.1, 0.15) is 23.7 Å². The van der Waals surface area contributed by atoms with E-state index < -0.39 is 0 Å². The lowest BCUT2D eigenvalue weighted by atomic mass is 9.40. The molecule has 1 N–H and O–H groups in total. The van der Waals surface area contributed by atoms with Crippen LogP contribution >= 0.6 is 0 Å². The van der Waals surface area contributed by atoms with Crippen LogP contribution in [0.4, 0.5) is 5.69 Å². The number of nitriles is 1. The zero-order chi connectivity index (χ0) is 22.9. The number of nitrogens with zero attached hydrogens (tertiary/aromatic N) is 1. The third-order valence-corrected chi connectivity index (χ3v) is 7.42. The number of nitrogens with one attached hydrogen (secondary N) is 1. The Hall–Kier alpha value is -3.17. The molecule has 4 aliphatic rings. The molecule has 0 aromatic heterocycles. The standard InChI is InChI=1S/C27H28N2O4/c1-16(30)11-22-23-14-24(22)26(23)27(31)29-20-4-2-3-17(13-20)18-5-6-25(19(12-18)15-28)33-21-7-9-32-10-8-21/h2-6,12-13,21-24,26H,7-11,14H2,1H3,(H,29,31). The van der Waals surface area contributed by atoms with Crippen LogP contribution in [0.15, 0.2) is 42.5 Å². The molecule has 3 aliphatic carbocycles. The van der Waals surface area contributed by atoms with E-state index in [1.807, 2.05) is 42.5 Å². The molecule has 2 atom stereocenters. The van der Waals surface area contributed by atoms with Gasteiger partial charge in [0.05, 0.1) is 18.8 Å². The minimum Gasteiger partial charge on any atom is -0.489 e. The second kappa shape index (κ2) is 8.99. The average Bonchev–Trinajstić information content (AvgIpc) is 2.77. The van der Waals surface area contributed by atoms with Crippen molar-refractivity contribution in [2.45, 2.75) is 38.7 Å². The maximum absolute atomic E-state index is 12.8. The topological polar surface area (TPSA) is 88.4 Å². The fraction of sp³-hybridized carbons (Fsp3) is 0.444. The number of hydrogen-bond acceptors (Lipinski definition) is 5. The van der Waals surface area contributed by atoms with Crippen LogP contribution in [0.2, 0.25) is 0 Å². The van der Waals surface area contributed by atoms with Crippen molar-refractivity contribution in [3.63, 3.8) is 0 Å². The summed E-state index contributed by atoms with van der Waals surface area (Å²) in [5.41, 5.74) is 3.07. The Bertz CT molecular complexity index is 1110. The molecule has 2 aromatic rings. The Morgan fingerprint density at radius 2 is 1.88 bits per heavy atom. The average molecular weight is 445 g/mol. The van der Waals surface area contributed by atoms with Crippen molar-refractivity contribution in [2.75, 3.05) is 18.5 Å². The first-order valence-corrected chi connectivity index (χ1v) is 11.7. The maximum atomic E-state index is 12.8. The minimum atomic E-state index is 0.0322. The Labute approximate surface area is 193 Å². The van der Waals surface area contributed by atoms with Gasteiger partial charge in [-0.2, -0.15) is 5.26 Å². The lowest BCUT2D eigenvalue weighted by Gasteiger charge is -2.63. The number of anilines is 1. The Morgan fingerprint density at radius 3 is 2.58 bits per heavy atom. The molecule has 6 nitrogen and oxygen atoms in total. The van der Waals surface area contributed by atoms with Gasteiger partial charge in [0.15, 0.2) is 0 Å². The van der Waals surface area contributed by atoms with E-state index in [9.17, 15) is 14.9 Å². The first-order valence-electron chi connectivity index (χ1n) is 11.7. The number of carbonyl (C=O) groups excluding carboxylic acids is 2. The van der Waals surface area contributed by atoms with Crippen molar-refractivity contribution in [2.24, 2.45) is 23.7 Å². The highest BCUT2D eigenvalue weighted by atomic mass is 16.5. The molecule has 3 saturated carbocycles. The summed E-state index contributed by atoms with van der Waals surface area (Å²) in [4.78, 5) is 24.2. The van der Waals surface area contributed by atoms with E-state index in [2.05, 4.69) is 11.4 Å². The van der Waals surface area contributed by atoms with Crippen LogP contribution in [0, 0.1) is 35.0 Å². The van der Waals surface area contributed by atoms with Crippen molar-refractivity contribution >= 4 is 17.4 Å². The summed E-state index contributed by atoms with van der Waals surface area (Å²) in [6, 6.07) is 15.6. The third kappa shape index (κ3) is 4.26. The first kappa shape index (κ1) is 21.7. The van der Waals surface area contributed by atoms with Gasteiger partial charge in [0.25, 0.3) is 0 Å². The molecule has 2 aromatic carbocycles. The fourth-order valence-electron chi connectivity index (χ4n) is 5.49. The summed E-state index contributed by atoms with van der Waals surface area (Å²) >= 11 is 0. The van der Waals surface area contributed by atoms with Gasteiger partial charge in [-0.05, 0) is 66.5 Å². The summed E-state index contributed by atoms with van der Waals surface area (Å²) in [6.07, 6.45) is 3.39. The van der Waals surface area contributed by atoms with E-state index in [1.165, 1.54) is 0 Å². The van der Waals surface area contributed by atoms with Crippen LogP contribution in [0.5, 0.6) is 5.75 Å². The second-order valence-electron chi connectivity index (χ2n) is 9.48. The van der Waals surface area contributed by atoms with Crippen LogP contribution in [-0.4, -0.2) is 31.0 Å². The summed E-state index contributed by atoms with van der Waals surface area (Å²) in [5.74, 6) is 1.99. The highest BCUT2D eigenvalue weighted by Gasteiger charge is 2.63. The molecule has 2 unspecified atom stereocenters. The normalized spacial score (nSPS) is 25.8. The van der Waals surface area contributed by atoms with Crippen LogP contribution in [0.25, 0.3) is 11.1 Å². The number of Topliss-reactive ketones (excluding diaryl/α,β-unsaturated/α-hetero) is 1. The van der Waals surface area contributed by atoms with E-state index in [-0.39, 0.29) is 23.7 Å². The molecule has 0 radical (unpaired) electrons. The van der Waals surface area contributed by atoms with Crippen LogP contribution in [-0.2, 0) is 14.3 Å². The van der Waals surface area contributed by atoms with Gasteiger partial charge in [0, 0.05) is 30.9 Å². The van der Waals surface area contributed by atoms with Crippen molar-refractivity contribution in [3.8, 4) is 22.9 Å². The van der Waals surface area contributed by atoms with E-state index in [1.54, 1.807) is 6.92 Å². The van der Waals surface area contributed by atoms with Gasteiger partial charge < -0.3 is 19.6 Å². The predicted octanol–water partition coefficient (Wildman–Crippen LogP) is 4.58. The summed E-state index contributed by atoms with van der Waals surface area (Å²) in [7, 11) is 0. The molecule has 2 bridgehead atoms. The van der Waals surface area contributed by atoms with E-state index in [0.717, 1.165) is 36.1 Å². The number of benzene rings is 2. The quantitative estimate of drug-likeness (QED) is 0.675. The molecule has 6 heteroatoms. The van der Waals surface area contributed by atoms with Crippen molar-refractivity contribution in [1.82, 2.24) is 0 Å². The molecular formula is C27H28N2O4. The van der Waals surface area contributed by atoms with Crippen molar-refractivity contribution in [3.05, 3.63) is 48.0 Å². The molecule has 0 spiro atoms. The first-order chi connectivity index (χ1) is 16.0. The molecule has 1 aliphatic heterocycles. The maximum Gasteiger partial charge on any atom is 0.228 e. The molecule has 170 valence electrons. The smallest absolute Gasteiger partial charge is 0.228 e. The predicted molar refractivity (Wildman–Crippen MR) is 124 cm³/mol. The summed E-state index contributed by atoms with van der Waals surface area (Å²) in [6.45, 7) is 2.99. The van der Waals surface area contributed by atoms with Crippen molar-refractivity contribution < 1.29 is 19.1 Å². The molecule has 33 heavy (non-hydrogen) atoms. The van der Waals surface area contributed by atoms with Gasteiger partial charge in [-0.25, -0.2) is 0 Å². The van der Waals surface area contributed by atoms with Gasteiger partial charge >= 0.3 is 0 Å². The van der Waals surface area contributed by atoms with E-state index >= 15 is 0 Å². The zero-order valence-electron chi connectivity index (χ0n) is 18.8. The van der Waals surface area contributed by atoms with E-state index in [0.29, 0.717) is 48.7 Å². The monoisotopic (exact) mass is 444 g/mol. The summed E-state index contributed by atoms with van der Waals surface area (Å²) in [5, 5.41) is 12.7. The Kier molecular flexibility index (Phi) is 5.90. The second-order valence-corrected chi connectivity index (χ2v) is 9.48. The van der Waals surface area contributed by atoms with Crippen LogP contribution in [0.1, 0.15) is 38.2 Å². The lowest BCUT2D eigenvalue weighted by molar-refractivity contribution is -0.179. The molecule has 4 fully saturated rings. The van der Waals surface area contributed by atoms with Gasteiger partial charge in [-0.1, -0.05) is 18.2 Å². The summed E-state index contributed by atoms with van der Waals surface area (Å²) < 4.78 is 11.4. The number of ether oxygens (including phenoxy) is 2. The highest BCUT2D eigenvalue weighted by Crippen LogP contribution is 2.64. The number of carbonyl (C=O) groups is 2. The van der Waals surface area contributed by atoms with Gasteiger partial charge in [0.2, 0.25) is 5.91 Å². The fourth-order valence-corrected chi connectivity index (χ4v) is 5.49. The largest absolute Gasteiger partial charge is 0.489 e. The zero-order valence-corrected chi connectivity index (χ0v) is 18.8. The lowest BCUT2D eigenvalue weighted by Crippen LogP contribution is -2.63. The van der Waals surface area contributed by atoms with E-state index in [4.69, 9.17) is 9.47 Å². The highest BCUT2D eigenvalue weighted by molar-refractivity contribution is 5.95. The number of rotatable bonds is 7. The Morgan fingerprint density at radius 1 is 1.12 bits per heavy atom. The third-order valence-electron chi connectivity index (χ3n) is 7.42. The molecule has 6 rings (SSSR count). The number of amides is 1. The minimum absolute atomic E-state index is 0.0322. The molecular weight excluding hydrogens is 416 g/mol. The molecule has 1 heterocycles. The Balaban J connectivity index is 1.26. The number of hydrogen-bond donors (Lipinski definition) is 1. The molecule has 1 saturated heterocycles.